The van der Waals surface area contributed by atoms with Gasteiger partial charge in [-0.2, -0.15) is 9.97 Å². The fraction of sp³-hybridized carbons (Fsp3) is 0. The molecule has 0 fully saturated rings. The third-order valence-corrected chi connectivity index (χ3v) is 8.16. The lowest BCUT2D eigenvalue weighted by atomic mass is 10.0. The van der Waals surface area contributed by atoms with Crippen LogP contribution in [0.3, 0.4) is 0 Å². The number of benzene rings is 6. The second-order valence-corrected chi connectivity index (χ2v) is 10.8. The summed E-state index contributed by atoms with van der Waals surface area (Å²) in [7, 11) is 0. The third-order valence-electron chi connectivity index (χ3n) is 7.17. The molecular weight excluding hydrogens is 583 g/mol. The first kappa shape index (κ1) is 14.4. The summed E-state index contributed by atoms with van der Waals surface area (Å²) in [5.74, 6) is -0.976. The first-order chi connectivity index (χ1) is 29.9. The van der Waals surface area contributed by atoms with E-state index < -0.39 is 125 Å². The number of aromatic nitrogens is 5. The second kappa shape index (κ2) is 10.9. The van der Waals surface area contributed by atoms with E-state index in [1.807, 2.05) is 24.3 Å². The van der Waals surface area contributed by atoms with Crippen LogP contribution >= 0.6 is 11.3 Å². The van der Waals surface area contributed by atoms with Crippen LogP contribution in [0.25, 0.3) is 82.4 Å². The smallest absolute Gasteiger partial charge is 0.238 e. The highest BCUT2D eigenvalue weighted by Crippen LogP contribution is 2.37. The lowest BCUT2D eigenvalue weighted by molar-refractivity contribution is 0.954. The van der Waals surface area contributed by atoms with E-state index in [1.54, 1.807) is 28.8 Å². The second-order valence-electron chi connectivity index (χ2n) is 9.85. The van der Waals surface area contributed by atoms with Crippen molar-refractivity contribution < 1.29 is 23.3 Å². The monoisotopic (exact) mass is 624 g/mol. The molecule has 0 radical (unpaired) electrons. The van der Waals surface area contributed by atoms with Gasteiger partial charge >= 0.3 is 0 Å². The average Bonchev–Trinajstić information content (AvgIpc) is 3.86. The fourth-order valence-electron chi connectivity index (χ4n) is 5.16. The first-order valence-electron chi connectivity index (χ1n) is 22.3. The maximum Gasteiger partial charge on any atom is 0.238 e. The Bertz CT molecular complexity index is 3370. The van der Waals surface area contributed by atoms with Gasteiger partial charge in [-0.3, -0.25) is 4.57 Å². The van der Waals surface area contributed by atoms with Gasteiger partial charge in [0.1, 0.15) is 5.01 Å². The van der Waals surface area contributed by atoms with Gasteiger partial charge in [0.25, 0.3) is 0 Å². The molecule has 0 aliphatic heterocycles. The number of hydrogen-bond donors (Lipinski definition) is 0. The van der Waals surface area contributed by atoms with Crippen molar-refractivity contribution in [2.24, 2.45) is 0 Å². The fourth-order valence-corrected chi connectivity index (χ4v) is 6.04. The summed E-state index contributed by atoms with van der Waals surface area (Å²) in [4.78, 5) is 18.7. The molecule has 5 nitrogen and oxygen atoms in total. The Kier molecular flexibility index (Phi) is 3.41. The molecule has 216 valence electrons. The standard InChI is InChI=1S/C40H25N5S/c1-3-12-26(13-4-1)27-22-24-28(25-23-27)37-42-38(32-18-11-21-35-36(32)41-39(46-35)29-14-5-2-6-15-29)44-40(43-37)45-33-19-9-7-16-30(33)31-17-8-10-20-34(31)45/h1-25H/i1D,2D,3D,4D,5D,6D,11D,12D,13D,14D,15D,18D,21D,22D,23D,24D,25D. The molecule has 0 N–H and O–H groups in total. The summed E-state index contributed by atoms with van der Waals surface area (Å²) in [5.41, 5.74) is -1.10. The van der Waals surface area contributed by atoms with Crippen LogP contribution in [0.15, 0.2) is 151 Å². The largest absolute Gasteiger partial charge is 0.278 e. The van der Waals surface area contributed by atoms with Gasteiger partial charge in [-0.1, -0.05) is 127 Å². The minimum Gasteiger partial charge on any atom is -0.278 e. The Balaban J connectivity index is 1.40. The molecule has 0 spiro atoms. The molecule has 0 saturated carbocycles. The number of rotatable bonds is 5. The molecule has 6 aromatic carbocycles. The van der Waals surface area contributed by atoms with Crippen LogP contribution < -0.4 is 0 Å². The number of fused-ring (bicyclic) bond motifs is 4. The summed E-state index contributed by atoms with van der Waals surface area (Å²) in [5, 5.41) is 1.44. The van der Waals surface area contributed by atoms with Crippen molar-refractivity contribution in [3.63, 3.8) is 0 Å². The lowest BCUT2D eigenvalue weighted by Gasteiger charge is -2.11. The topological polar surface area (TPSA) is 56.5 Å². The molecule has 0 amide bonds. The molecule has 46 heavy (non-hydrogen) atoms. The summed E-state index contributed by atoms with van der Waals surface area (Å²) in [6.07, 6.45) is 0. The van der Waals surface area contributed by atoms with E-state index in [-0.39, 0.29) is 38.1 Å². The molecular formula is C40H25N5S. The number of nitrogens with zero attached hydrogens (tertiary/aromatic N) is 5. The Hall–Kier alpha value is -5.98. The van der Waals surface area contributed by atoms with Gasteiger partial charge in [0.2, 0.25) is 5.95 Å². The van der Waals surface area contributed by atoms with Gasteiger partial charge < -0.3 is 0 Å². The molecule has 0 bridgehead atoms. The minimum absolute atomic E-state index is 0.0135. The molecule has 0 atom stereocenters. The zero-order valence-corrected chi connectivity index (χ0v) is 24.1. The molecule has 0 aliphatic carbocycles. The Labute approximate surface area is 293 Å². The third kappa shape index (κ3) is 4.47. The predicted molar refractivity (Wildman–Crippen MR) is 189 cm³/mol. The Morgan fingerprint density at radius 2 is 1.09 bits per heavy atom. The first-order valence-corrected chi connectivity index (χ1v) is 14.6. The molecule has 3 aromatic heterocycles. The van der Waals surface area contributed by atoms with Crippen LogP contribution in [0, 0.1) is 0 Å². The van der Waals surface area contributed by atoms with Crippen LogP contribution in [-0.4, -0.2) is 24.5 Å². The minimum atomic E-state index is -0.775. The number of para-hydroxylation sites is 3. The van der Waals surface area contributed by atoms with Crippen LogP contribution in [0.2, 0.25) is 0 Å². The molecule has 0 saturated heterocycles. The normalized spacial score (nSPS) is 16.7. The van der Waals surface area contributed by atoms with Crippen LogP contribution in [-0.2, 0) is 0 Å². The molecule has 9 aromatic rings. The van der Waals surface area contributed by atoms with E-state index in [4.69, 9.17) is 29.2 Å². The van der Waals surface area contributed by atoms with E-state index in [0.29, 0.717) is 11.0 Å². The van der Waals surface area contributed by atoms with E-state index in [2.05, 4.69) is 9.97 Å². The van der Waals surface area contributed by atoms with Crippen LogP contribution in [0.5, 0.6) is 0 Å². The van der Waals surface area contributed by atoms with E-state index in [0.717, 1.165) is 22.1 Å². The van der Waals surface area contributed by atoms with Crippen molar-refractivity contribution in [1.29, 1.82) is 0 Å². The van der Waals surface area contributed by atoms with Gasteiger partial charge in [-0.25, -0.2) is 9.97 Å². The van der Waals surface area contributed by atoms with Crippen molar-refractivity contribution in [2.45, 2.75) is 0 Å². The van der Waals surface area contributed by atoms with Gasteiger partial charge in [0.05, 0.1) is 44.6 Å². The zero-order valence-electron chi connectivity index (χ0n) is 40.3. The highest BCUT2D eigenvalue weighted by atomic mass is 32.1. The van der Waals surface area contributed by atoms with Gasteiger partial charge in [-0.15, -0.1) is 11.3 Å². The highest BCUT2D eigenvalue weighted by Gasteiger charge is 2.20. The maximum absolute atomic E-state index is 9.22. The van der Waals surface area contributed by atoms with Gasteiger partial charge in [0.15, 0.2) is 11.6 Å². The highest BCUT2D eigenvalue weighted by molar-refractivity contribution is 7.21. The molecule has 0 aliphatic rings. The van der Waals surface area contributed by atoms with Crippen molar-refractivity contribution in [2.75, 3.05) is 0 Å². The van der Waals surface area contributed by atoms with E-state index in [9.17, 15) is 4.11 Å². The van der Waals surface area contributed by atoms with E-state index >= 15 is 0 Å². The Morgan fingerprint density at radius 1 is 0.500 bits per heavy atom. The quantitative estimate of drug-likeness (QED) is 0.191. The molecule has 0 unspecified atom stereocenters. The lowest BCUT2D eigenvalue weighted by Crippen LogP contribution is -2.06. The van der Waals surface area contributed by atoms with E-state index in [1.165, 1.54) is 0 Å². The SMILES string of the molecule is [2H]c1c([2H])c([2H])c(-c2nc3c(-c4nc(-c5c([2H])c([2H])c(-c6c([2H])c([2H])c([2H])c([2H])c6[2H])c([2H])c5[2H])nc(-n5c6ccccc6c6ccccc65)n4)c([2H])c([2H])c([2H])c3s2)c([2H])c1[2H]. The summed E-state index contributed by atoms with van der Waals surface area (Å²) in [6, 6.07) is 3.14. The summed E-state index contributed by atoms with van der Waals surface area (Å²) < 4.78 is 148. The summed E-state index contributed by atoms with van der Waals surface area (Å²) in [6.45, 7) is 0. The number of hydrogen-bond acceptors (Lipinski definition) is 5. The van der Waals surface area contributed by atoms with Crippen molar-refractivity contribution >= 4 is 43.4 Å². The van der Waals surface area contributed by atoms with Crippen molar-refractivity contribution in [3.8, 4) is 50.4 Å². The van der Waals surface area contributed by atoms with Gasteiger partial charge in [-0.05, 0) is 35.3 Å². The van der Waals surface area contributed by atoms with Gasteiger partial charge in [0, 0.05) is 27.5 Å². The molecule has 9 rings (SSSR count). The van der Waals surface area contributed by atoms with Crippen molar-refractivity contribution in [1.82, 2.24) is 24.5 Å². The number of thiazole rings is 1. The zero-order chi connectivity index (χ0) is 45.2. The molecule has 3 heterocycles. The average molecular weight is 625 g/mol. The predicted octanol–water partition coefficient (Wildman–Crippen LogP) is 10.2. The van der Waals surface area contributed by atoms with Crippen molar-refractivity contribution in [3.05, 3.63) is 151 Å². The maximum atomic E-state index is 9.22. The van der Waals surface area contributed by atoms with Crippen LogP contribution in [0.4, 0.5) is 0 Å². The van der Waals surface area contributed by atoms with Crippen LogP contribution in [0.1, 0.15) is 23.3 Å². The Morgan fingerprint density at radius 3 is 1.78 bits per heavy atom. The summed E-state index contributed by atoms with van der Waals surface area (Å²) >= 11 is 0.755. The molecule has 6 heteroatoms.